The van der Waals surface area contributed by atoms with Gasteiger partial charge in [0.1, 0.15) is 11.8 Å². The number of carboxylic acid groups (broad SMARTS) is 1. The number of nitrogens with zero attached hydrogens (tertiary/aromatic N) is 1. The van der Waals surface area contributed by atoms with Crippen LogP contribution >= 0.6 is 15.9 Å². The molecule has 2 unspecified atom stereocenters. The van der Waals surface area contributed by atoms with Crippen LogP contribution in [0, 0.1) is 5.92 Å². The molecule has 2 amide bonds. The van der Waals surface area contributed by atoms with E-state index in [1.807, 2.05) is 91.0 Å². The van der Waals surface area contributed by atoms with Gasteiger partial charge in [-0.05, 0) is 76.8 Å². The van der Waals surface area contributed by atoms with Crippen molar-refractivity contribution < 1.29 is 24.2 Å². The highest BCUT2D eigenvalue weighted by Crippen LogP contribution is 2.36. The van der Waals surface area contributed by atoms with Crippen LogP contribution in [0.15, 0.2) is 102 Å². The van der Waals surface area contributed by atoms with E-state index in [2.05, 4.69) is 27.3 Å². The van der Waals surface area contributed by atoms with Crippen LogP contribution in [-0.4, -0.2) is 40.9 Å². The minimum Gasteiger partial charge on any atom is -0.493 e. The topological polar surface area (TPSA) is 95.9 Å². The lowest BCUT2D eigenvalue weighted by atomic mass is 9.90. The molecule has 4 aromatic carbocycles. The van der Waals surface area contributed by atoms with E-state index in [4.69, 9.17) is 4.74 Å². The summed E-state index contributed by atoms with van der Waals surface area (Å²) < 4.78 is 7.21. The normalized spacial score (nSPS) is 16.6. The van der Waals surface area contributed by atoms with E-state index in [1.54, 1.807) is 4.90 Å². The minimum absolute atomic E-state index is 0.0325. The van der Waals surface area contributed by atoms with Crippen molar-refractivity contribution in [1.29, 1.82) is 0 Å². The van der Waals surface area contributed by atoms with Crippen LogP contribution in [0.5, 0.6) is 5.75 Å². The molecule has 6 rings (SSSR count). The van der Waals surface area contributed by atoms with Gasteiger partial charge in [0.2, 0.25) is 11.8 Å². The number of aliphatic carboxylic acids is 1. The monoisotopic (exact) mass is 708 g/mol. The van der Waals surface area contributed by atoms with Gasteiger partial charge in [-0.1, -0.05) is 108 Å². The van der Waals surface area contributed by atoms with Gasteiger partial charge in [0.05, 0.1) is 19.1 Å². The number of hydrogen-bond acceptors (Lipinski definition) is 4. The van der Waals surface area contributed by atoms with E-state index in [0.29, 0.717) is 49.6 Å². The Hall–Kier alpha value is -4.43. The third-order valence-electron chi connectivity index (χ3n) is 9.57. The number of fused-ring (bicyclic) bond motifs is 1. The third-order valence-corrected chi connectivity index (χ3v) is 10.3. The van der Waals surface area contributed by atoms with E-state index in [1.165, 1.54) is 0 Å². The summed E-state index contributed by atoms with van der Waals surface area (Å²) in [6, 6.07) is 29.7. The van der Waals surface area contributed by atoms with Crippen molar-refractivity contribution in [3.63, 3.8) is 0 Å². The molecular formula is C40H41BrN2O5. The fourth-order valence-corrected chi connectivity index (χ4v) is 7.49. The largest absolute Gasteiger partial charge is 0.493 e. The first kappa shape index (κ1) is 33.5. The second-order valence-corrected chi connectivity index (χ2v) is 13.6. The van der Waals surface area contributed by atoms with Crippen molar-refractivity contribution in [3.05, 3.63) is 124 Å². The van der Waals surface area contributed by atoms with Crippen LogP contribution in [0.4, 0.5) is 0 Å². The van der Waals surface area contributed by atoms with Crippen LogP contribution in [0.1, 0.15) is 72.9 Å². The molecule has 1 heterocycles. The molecule has 2 N–H and O–H groups in total. The summed E-state index contributed by atoms with van der Waals surface area (Å²) in [5, 5.41) is 12.9. The molecule has 0 radical (unpaired) electrons. The molecule has 2 aliphatic rings. The fourth-order valence-electron chi connectivity index (χ4n) is 7.01. The number of benzene rings is 4. The number of ether oxygens (including phenoxy) is 1. The van der Waals surface area contributed by atoms with Crippen molar-refractivity contribution in [1.82, 2.24) is 10.2 Å². The second-order valence-electron chi connectivity index (χ2n) is 12.8. The summed E-state index contributed by atoms with van der Waals surface area (Å²) in [4.78, 5) is 41.9. The van der Waals surface area contributed by atoms with Gasteiger partial charge in [-0.2, -0.15) is 0 Å². The molecule has 1 fully saturated rings. The average Bonchev–Trinajstić information content (AvgIpc) is 3.61. The Labute approximate surface area is 290 Å². The SMILES string of the molecule is O=C(O)CC(NC(=O)C1c2cc(OCCc3ccccc3Br)ccc2CCN1C(=O)CC1CCCC1)c1ccc(-c2ccccc2)cc1. The average molecular weight is 710 g/mol. The van der Waals surface area contributed by atoms with Gasteiger partial charge in [-0.3, -0.25) is 14.4 Å². The van der Waals surface area contributed by atoms with E-state index < -0.39 is 18.1 Å². The predicted octanol–water partition coefficient (Wildman–Crippen LogP) is 8.08. The lowest BCUT2D eigenvalue weighted by molar-refractivity contribution is -0.143. The Morgan fingerprint density at radius 2 is 1.60 bits per heavy atom. The number of carbonyl (C=O) groups is 3. The Kier molecular flexibility index (Phi) is 10.9. The molecule has 248 valence electrons. The number of carboxylic acids is 1. The van der Waals surface area contributed by atoms with E-state index in [9.17, 15) is 19.5 Å². The molecule has 1 saturated carbocycles. The highest BCUT2D eigenvalue weighted by atomic mass is 79.9. The van der Waals surface area contributed by atoms with Crippen LogP contribution in [0.3, 0.4) is 0 Å². The Morgan fingerprint density at radius 1 is 0.896 bits per heavy atom. The number of hydrogen-bond donors (Lipinski definition) is 2. The molecule has 48 heavy (non-hydrogen) atoms. The van der Waals surface area contributed by atoms with E-state index in [0.717, 1.165) is 58.0 Å². The maximum atomic E-state index is 14.4. The van der Waals surface area contributed by atoms with Crippen LogP contribution in [-0.2, 0) is 27.2 Å². The summed E-state index contributed by atoms with van der Waals surface area (Å²) in [6.45, 7) is 0.872. The lowest BCUT2D eigenvalue weighted by Gasteiger charge is -2.38. The van der Waals surface area contributed by atoms with Crippen LogP contribution in [0.2, 0.25) is 0 Å². The highest BCUT2D eigenvalue weighted by molar-refractivity contribution is 9.10. The molecule has 1 aliphatic carbocycles. The summed E-state index contributed by atoms with van der Waals surface area (Å²) in [6.07, 6.45) is 5.78. The molecule has 2 atom stereocenters. The zero-order valence-electron chi connectivity index (χ0n) is 26.9. The van der Waals surface area contributed by atoms with Crippen LogP contribution in [0.25, 0.3) is 11.1 Å². The van der Waals surface area contributed by atoms with Gasteiger partial charge in [0, 0.05) is 23.9 Å². The zero-order chi connectivity index (χ0) is 33.5. The maximum Gasteiger partial charge on any atom is 0.305 e. The molecule has 0 spiro atoms. The number of nitrogens with one attached hydrogen (secondary N) is 1. The quantitative estimate of drug-likeness (QED) is 0.155. The highest BCUT2D eigenvalue weighted by Gasteiger charge is 2.38. The number of halogens is 1. The van der Waals surface area contributed by atoms with E-state index in [-0.39, 0.29) is 18.2 Å². The summed E-state index contributed by atoms with van der Waals surface area (Å²) in [7, 11) is 0. The molecule has 4 aromatic rings. The second kappa shape index (κ2) is 15.6. The number of rotatable bonds is 12. The molecule has 1 aliphatic heterocycles. The van der Waals surface area contributed by atoms with Crippen molar-refractivity contribution >= 4 is 33.7 Å². The Bertz CT molecular complexity index is 1740. The van der Waals surface area contributed by atoms with Crippen molar-refractivity contribution in [2.75, 3.05) is 13.2 Å². The molecule has 0 aromatic heterocycles. The van der Waals surface area contributed by atoms with E-state index >= 15 is 0 Å². The molecular weight excluding hydrogens is 668 g/mol. The number of carbonyl (C=O) groups excluding carboxylic acids is 2. The third kappa shape index (κ3) is 8.16. The molecule has 0 bridgehead atoms. The molecule has 0 saturated heterocycles. The van der Waals surface area contributed by atoms with Gasteiger partial charge in [0.15, 0.2) is 0 Å². The van der Waals surface area contributed by atoms with Crippen LogP contribution < -0.4 is 10.1 Å². The smallest absolute Gasteiger partial charge is 0.305 e. The lowest BCUT2D eigenvalue weighted by Crippen LogP contribution is -2.48. The summed E-state index contributed by atoms with van der Waals surface area (Å²) >= 11 is 3.60. The molecule has 7 nitrogen and oxygen atoms in total. The van der Waals surface area contributed by atoms with Crippen molar-refractivity contribution in [2.24, 2.45) is 5.92 Å². The zero-order valence-corrected chi connectivity index (χ0v) is 28.5. The standard InChI is InChI=1S/C40H41BrN2O5/c41-35-13-7-6-12-31(35)21-23-48-33-19-18-30-20-22-43(37(44)24-27-8-4-5-9-27)39(34(30)25-33)40(47)42-36(26-38(45)46)32-16-14-29(15-17-32)28-10-2-1-3-11-28/h1-3,6-7,10-19,25,27,36,39H,4-5,8-9,20-24,26H2,(H,42,47)(H,45,46). The maximum absolute atomic E-state index is 14.4. The van der Waals surface area contributed by atoms with Gasteiger partial charge >= 0.3 is 5.97 Å². The Morgan fingerprint density at radius 3 is 2.33 bits per heavy atom. The van der Waals surface area contributed by atoms with Gasteiger partial charge < -0.3 is 20.1 Å². The van der Waals surface area contributed by atoms with Crippen molar-refractivity contribution in [2.45, 2.75) is 63.5 Å². The predicted molar refractivity (Wildman–Crippen MR) is 190 cm³/mol. The first-order chi connectivity index (χ1) is 23.4. The first-order valence-corrected chi connectivity index (χ1v) is 17.6. The van der Waals surface area contributed by atoms with Gasteiger partial charge in [-0.25, -0.2) is 0 Å². The molecule has 8 heteroatoms. The fraction of sp³-hybridized carbons (Fsp3) is 0.325. The van der Waals surface area contributed by atoms with Gasteiger partial charge in [0.25, 0.3) is 0 Å². The Balaban J connectivity index is 1.26. The van der Waals surface area contributed by atoms with Gasteiger partial charge in [-0.15, -0.1) is 0 Å². The van der Waals surface area contributed by atoms with Crippen molar-refractivity contribution in [3.8, 4) is 16.9 Å². The summed E-state index contributed by atoms with van der Waals surface area (Å²) in [5.41, 5.74) is 5.59. The summed E-state index contributed by atoms with van der Waals surface area (Å²) in [5.74, 6) is -0.486. The minimum atomic E-state index is -1.02. The number of amides is 2. The first-order valence-electron chi connectivity index (χ1n) is 16.8.